The lowest BCUT2D eigenvalue weighted by atomic mass is 9.85. The molecule has 0 aliphatic rings. The average molecular weight is 202 g/mol. The first-order valence-corrected chi connectivity index (χ1v) is 4.93. The summed E-state index contributed by atoms with van der Waals surface area (Å²) in [4.78, 5) is 11.4. The van der Waals surface area contributed by atoms with E-state index in [1.807, 2.05) is 20.8 Å². The van der Waals surface area contributed by atoms with Gasteiger partial charge in [-0.15, -0.1) is 0 Å². The van der Waals surface area contributed by atoms with E-state index in [1.54, 1.807) is 6.92 Å². The molecule has 14 heavy (non-hydrogen) atoms. The van der Waals surface area contributed by atoms with Crippen LogP contribution in [0.3, 0.4) is 0 Å². The Labute approximate surface area is 85.9 Å². The standard InChI is InChI=1S/C10H22N2O2/c1-7(6-13)12-9(14)5-8(11)10(2,3)4/h7-8,13H,5-6,11H2,1-4H3,(H,12,14)/t7-,8?/m0/s1. The zero-order valence-corrected chi connectivity index (χ0v) is 9.50. The quantitative estimate of drug-likeness (QED) is 0.611. The van der Waals surface area contributed by atoms with Crippen LogP contribution in [0.25, 0.3) is 0 Å². The predicted octanol–water partition coefficient (Wildman–Crippen LogP) is 0.247. The molecule has 0 spiro atoms. The molecule has 0 aromatic rings. The van der Waals surface area contributed by atoms with E-state index in [1.165, 1.54) is 0 Å². The van der Waals surface area contributed by atoms with E-state index in [0.717, 1.165) is 0 Å². The maximum Gasteiger partial charge on any atom is 0.221 e. The summed E-state index contributed by atoms with van der Waals surface area (Å²) in [6, 6.07) is -0.358. The molecule has 0 aromatic heterocycles. The number of nitrogens with one attached hydrogen (secondary N) is 1. The van der Waals surface area contributed by atoms with E-state index in [4.69, 9.17) is 10.8 Å². The van der Waals surface area contributed by atoms with Gasteiger partial charge in [0.2, 0.25) is 5.91 Å². The van der Waals surface area contributed by atoms with Crippen LogP contribution in [0.1, 0.15) is 34.1 Å². The highest BCUT2D eigenvalue weighted by Crippen LogP contribution is 2.19. The highest BCUT2D eigenvalue weighted by Gasteiger charge is 2.23. The van der Waals surface area contributed by atoms with Crippen molar-refractivity contribution in [1.29, 1.82) is 0 Å². The fraction of sp³-hybridized carbons (Fsp3) is 0.900. The molecule has 0 bridgehead atoms. The first-order chi connectivity index (χ1) is 6.27. The summed E-state index contributed by atoms with van der Waals surface area (Å²) in [6.45, 7) is 7.71. The van der Waals surface area contributed by atoms with Crippen molar-refractivity contribution in [2.45, 2.75) is 46.2 Å². The summed E-state index contributed by atoms with van der Waals surface area (Å²) in [5.74, 6) is -0.103. The number of carbonyl (C=O) groups excluding carboxylic acids is 1. The number of aliphatic hydroxyl groups is 1. The molecule has 4 heteroatoms. The molecular weight excluding hydrogens is 180 g/mol. The lowest BCUT2D eigenvalue weighted by Gasteiger charge is -2.26. The smallest absolute Gasteiger partial charge is 0.221 e. The minimum absolute atomic E-state index is 0.0451. The largest absolute Gasteiger partial charge is 0.394 e. The van der Waals surface area contributed by atoms with Crippen molar-refractivity contribution >= 4 is 5.91 Å². The molecule has 2 atom stereocenters. The van der Waals surface area contributed by atoms with Gasteiger partial charge in [0, 0.05) is 18.5 Å². The predicted molar refractivity (Wildman–Crippen MR) is 56.7 cm³/mol. The van der Waals surface area contributed by atoms with Crippen molar-refractivity contribution in [3.8, 4) is 0 Å². The van der Waals surface area contributed by atoms with Gasteiger partial charge in [-0.05, 0) is 12.3 Å². The third-order valence-electron chi connectivity index (χ3n) is 2.20. The Kier molecular flexibility index (Phi) is 5.08. The number of nitrogens with two attached hydrogens (primary N) is 1. The van der Waals surface area contributed by atoms with Crippen LogP contribution in [0.2, 0.25) is 0 Å². The number of rotatable bonds is 4. The van der Waals surface area contributed by atoms with Crippen LogP contribution in [0, 0.1) is 5.41 Å². The van der Waals surface area contributed by atoms with Crippen LogP contribution in [0.5, 0.6) is 0 Å². The van der Waals surface area contributed by atoms with E-state index >= 15 is 0 Å². The summed E-state index contributed by atoms with van der Waals surface area (Å²) in [7, 11) is 0. The summed E-state index contributed by atoms with van der Waals surface area (Å²) in [5, 5.41) is 11.4. The van der Waals surface area contributed by atoms with Crippen molar-refractivity contribution < 1.29 is 9.90 Å². The molecule has 0 saturated carbocycles. The summed E-state index contributed by atoms with van der Waals surface area (Å²) >= 11 is 0. The second-order valence-corrected chi connectivity index (χ2v) is 4.83. The lowest BCUT2D eigenvalue weighted by Crippen LogP contribution is -2.43. The van der Waals surface area contributed by atoms with Crippen LogP contribution in [0.15, 0.2) is 0 Å². The first kappa shape index (κ1) is 13.4. The molecule has 0 radical (unpaired) electrons. The van der Waals surface area contributed by atoms with Gasteiger partial charge in [0.1, 0.15) is 0 Å². The second-order valence-electron chi connectivity index (χ2n) is 4.83. The molecule has 4 nitrogen and oxygen atoms in total. The number of hydrogen-bond acceptors (Lipinski definition) is 3. The Balaban J connectivity index is 3.95. The maximum absolute atomic E-state index is 11.4. The van der Waals surface area contributed by atoms with E-state index < -0.39 is 0 Å². The molecule has 1 unspecified atom stereocenters. The Morgan fingerprint density at radius 2 is 2.00 bits per heavy atom. The number of hydrogen-bond donors (Lipinski definition) is 3. The van der Waals surface area contributed by atoms with Crippen LogP contribution >= 0.6 is 0 Å². The van der Waals surface area contributed by atoms with Crippen molar-refractivity contribution in [2.24, 2.45) is 11.1 Å². The fourth-order valence-electron chi connectivity index (χ4n) is 0.885. The summed E-state index contributed by atoms with van der Waals surface area (Å²) in [6.07, 6.45) is 0.299. The number of aliphatic hydroxyl groups excluding tert-OH is 1. The van der Waals surface area contributed by atoms with Crippen LogP contribution < -0.4 is 11.1 Å². The molecule has 0 heterocycles. The number of carbonyl (C=O) groups is 1. The van der Waals surface area contributed by atoms with Crippen molar-refractivity contribution in [3.63, 3.8) is 0 Å². The first-order valence-electron chi connectivity index (χ1n) is 4.93. The third-order valence-corrected chi connectivity index (χ3v) is 2.20. The molecule has 4 N–H and O–H groups in total. The van der Waals surface area contributed by atoms with Crippen molar-refractivity contribution in [3.05, 3.63) is 0 Å². The average Bonchev–Trinajstić information content (AvgIpc) is 2.02. The Morgan fingerprint density at radius 3 is 2.36 bits per heavy atom. The lowest BCUT2D eigenvalue weighted by molar-refractivity contribution is -0.122. The van der Waals surface area contributed by atoms with Crippen molar-refractivity contribution in [2.75, 3.05) is 6.61 Å². The monoisotopic (exact) mass is 202 g/mol. The van der Waals surface area contributed by atoms with Crippen LogP contribution in [-0.4, -0.2) is 29.7 Å². The number of amides is 1. The fourth-order valence-corrected chi connectivity index (χ4v) is 0.885. The van der Waals surface area contributed by atoms with Crippen LogP contribution in [-0.2, 0) is 4.79 Å². The minimum atomic E-state index is -0.199. The minimum Gasteiger partial charge on any atom is -0.394 e. The van der Waals surface area contributed by atoms with Gasteiger partial charge in [0.05, 0.1) is 6.61 Å². The highest BCUT2D eigenvalue weighted by molar-refractivity contribution is 5.76. The van der Waals surface area contributed by atoms with Crippen molar-refractivity contribution in [1.82, 2.24) is 5.32 Å². The second kappa shape index (κ2) is 5.32. The summed E-state index contributed by atoms with van der Waals surface area (Å²) in [5.41, 5.74) is 5.78. The zero-order valence-electron chi connectivity index (χ0n) is 9.50. The summed E-state index contributed by atoms with van der Waals surface area (Å²) < 4.78 is 0. The van der Waals surface area contributed by atoms with Gasteiger partial charge >= 0.3 is 0 Å². The normalized spacial score (nSPS) is 16.1. The SMILES string of the molecule is C[C@@H](CO)NC(=O)CC(N)C(C)(C)C. The zero-order chi connectivity index (χ0) is 11.4. The third kappa shape index (κ3) is 5.19. The molecule has 1 amide bonds. The molecule has 0 aliphatic carbocycles. The topological polar surface area (TPSA) is 75.3 Å². The van der Waals surface area contributed by atoms with E-state index in [0.29, 0.717) is 6.42 Å². The molecule has 0 rings (SSSR count). The molecular formula is C10H22N2O2. The Morgan fingerprint density at radius 1 is 1.50 bits per heavy atom. The Hall–Kier alpha value is -0.610. The van der Waals surface area contributed by atoms with Gasteiger partial charge in [-0.25, -0.2) is 0 Å². The van der Waals surface area contributed by atoms with E-state index in [9.17, 15) is 4.79 Å². The van der Waals surface area contributed by atoms with E-state index in [-0.39, 0.29) is 30.0 Å². The van der Waals surface area contributed by atoms with Gasteiger partial charge in [-0.1, -0.05) is 20.8 Å². The van der Waals surface area contributed by atoms with Gasteiger partial charge in [0.25, 0.3) is 0 Å². The molecule has 84 valence electrons. The highest BCUT2D eigenvalue weighted by atomic mass is 16.3. The molecule has 0 aliphatic heterocycles. The molecule has 0 saturated heterocycles. The van der Waals surface area contributed by atoms with Gasteiger partial charge in [0.15, 0.2) is 0 Å². The van der Waals surface area contributed by atoms with E-state index in [2.05, 4.69) is 5.32 Å². The van der Waals surface area contributed by atoms with Crippen LogP contribution in [0.4, 0.5) is 0 Å². The van der Waals surface area contributed by atoms with Gasteiger partial charge < -0.3 is 16.2 Å². The van der Waals surface area contributed by atoms with Gasteiger partial charge in [-0.2, -0.15) is 0 Å². The Bertz CT molecular complexity index is 187. The maximum atomic E-state index is 11.4. The van der Waals surface area contributed by atoms with Gasteiger partial charge in [-0.3, -0.25) is 4.79 Å². The molecule has 0 fully saturated rings. The molecule has 0 aromatic carbocycles.